The summed E-state index contributed by atoms with van der Waals surface area (Å²) in [5, 5.41) is 2.81. The van der Waals surface area contributed by atoms with Gasteiger partial charge in [-0.2, -0.15) is 0 Å². The van der Waals surface area contributed by atoms with Gasteiger partial charge in [0.25, 0.3) is 0 Å². The molecule has 28 heavy (non-hydrogen) atoms. The number of hydrogen-bond donors (Lipinski definition) is 1. The monoisotopic (exact) mass is 384 g/mol. The molecule has 1 aliphatic heterocycles. The summed E-state index contributed by atoms with van der Waals surface area (Å²) in [6.07, 6.45) is 0.633. The molecule has 3 rings (SSSR count). The molecule has 148 valence electrons. The SMILES string of the molecule is COc1cccc(CCN(CC(=O)Nc2ccc3c(c2)OCCO3)C(C)=O)c1. The van der Waals surface area contributed by atoms with E-state index in [4.69, 9.17) is 14.2 Å². The van der Waals surface area contributed by atoms with E-state index in [2.05, 4.69) is 5.32 Å². The van der Waals surface area contributed by atoms with Gasteiger partial charge >= 0.3 is 0 Å². The first-order valence-electron chi connectivity index (χ1n) is 9.13. The number of fused-ring (bicyclic) bond motifs is 1. The molecule has 7 nitrogen and oxygen atoms in total. The summed E-state index contributed by atoms with van der Waals surface area (Å²) >= 11 is 0. The lowest BCUT2D eigenvalue weighted by Gasteiger charge is -2.21. The van der Waals surface area contributed by atoms with Gasteiger partial charge in [-0.05, 0) is 36.2 Å². The zero-order valence-electron chi connectivity index (χ0n) is 16.1. The highest BCUT2D eigenvalue weighted by atomic mass is 16.6. The lowest BCUT2D eigenvalue weighted by molar-refractivity contribution is -0.132. The fourth-order valence-electron chi connectivity index (χ4n) is 2.93. The summed E-state index contributed by atoms with van der Waals surface area (Å²) < 4.78 is 16.2. The van der Waals surface area contributed by atoms with Gasteiger partial charge in [0.15, 0.2) is 11.5 Å². The number of ether oxygens (including phenoxy) is 3. The predicted molar refractivity (Wildman–Crippen MR) is 105 cm³/mol. The van der Waals surface area contributed by atoms with Gasteiger partial charge in [-0.1, -0.05) is 12.1 Å². The van der Waals surface area contributed by atoms with Crippen LogP contribution in [0.3, 0.4) is 0 Å². The molecule has 1 heterocycles. The molecular formula is C21H24N2O5. The van der Waals surface area contributed by atoms with Crippen LogP contribution < -0.4 is 19.5 Å². The van der Waals surface area contributed by atoms with Crippen LogP contribution in [-0.2, 0) is 16.0 Å². The Bertz CT molecular complexity index is 852. The molecule has 1 N–H and O–H groups in total. The number of anilines is 1. The second-order valence-corrected chi connectivity index (χ2v) is 6.45. The first-order chi connectivity index (χ1) is 13.5. The van der Waals surface area contributed by atoms with Crippen molar-refractivity contribution in [2.24, 2.45) is 0 Å². The quantitative estimate of drug-likeness (QED) is 0.794. The van der Waals surface area contributed by atoms with Crippen molar-refractivity contribution in [1.29, 1.82) is 0 Å². The topological polar surface area (TPSA) is 77.1 Å². The number of carbonyl (C=O) groups is 2. The van der Waals surface area contributed by atoms with E-state index in [9.17, 15) is 9.59 Å². The molecule has 2 amide bonds. The molecule has 0 radical (unpaired) electrons. The van der Waals surface area contributed by atoms with E-state index in [1.165, 1.54) is 11.8 Å². The van der Waals surface area contributed by atoms with Gasteiger partial charge in [-0.3, -0.25) is 9.59 Å². The minimum Gasteiger partial charge on any atom is -0.497 e. The molecule has 2 aromatic rings. The Kier molecular flexibility index (Phi) is 6.37. The molecule has 0 unspecified atom stereocenters. The first kappa shape index (κ1) is 19.5. The highest BCUT2D eigenvalue weighted by Gasteiger charge is 2.16. The van der Waals surface area contributed by atoms with Crippen molar-refractivity contribution in [2.75, 3.05) is 38.7 Å². The van der Waals surface area contributed by atoms with Gasteiger partial charge < -0.3 is 24.4 Å². The van der Waals surface area contributed by atoms with E-state index in [-0.39, 0.29) is 18.4 Å². The number of hydrogen-bond acceptors (Lipinski definition) is 5. The van der Waals surface area contributed by atoms with Crippen molar-refractivity contribution in [1.82, 2.24) is 4.90 Å². The van der Waals surface area contributed by atoms with Crippen LogP contribution in [-0.4, -0.2) is 50.1 Å². The third-order valence-electron chi connectivity index (χ3n) is 4.41. The van der Waals surface area contributed by atoms with E-state index in [1.54, 1.807) is 25.3 Å². The van der Waals surface area contributed by atoms with E-state index >= 15 is 0 Å². The molecule has 0 saturated heterocycles. The van der Waals surface area contributed by atoms with Crippen LogP contribution in [0.1, 0.15) is 12.5 Å². The van der Waals surface area contributed by atoms with Crippen LogP contribution >= 0.6 is 0 Å². The summed E-state index contributed by atoms with van der Waals surface area (Å²) in [5.74, 6) is 1.61. The molecule has 0 aliphatic carbocycles. The molecule has 7 heteroatoms. The van der Waals surface area contributed by atoms with E-state index in [0.29, 0.717) is 43.4 Å². The van der Waals surface area contributed by atoms with Crippen LogP contribution in [0.2, 0.25) is 0 Å². The highest BCUT2D eigenvalue weighted by Crippen LogP contribution is 2.32. The minimum absolute atomic E-state index is 0.0201. The second-order valence-electron chi connectivity index (χ2n) is 6.45. The standard InChI is InChI=1S/C21H24N2O5/c1-15(24)23(9-8-16-4-3-5-18(12-16)26-2)14-21(25)22-17-6-7-19-20(13-17)28-11-10-27-19/h3-7,12-13H,8-11,14H2,1-2H3,(H,22,25). The number of nitrogens with one attached hydrogen (secondary N) is 1. The summed E-state index contributed by atoms with van der Waals surface area (Å²) in [6, 6.07) is 12.9. The average Bonchev–Trinajstić information content (AvgIpc) is 2.71. The number of amides is 2. The second kappa shape index (κ2) is 9.12. The van der Waals surface area contributed by atoms with Crippen molar-refractivity contribution < 1.29 is 23.8 Å². The van der Waals surface area contributed by atoms with Gasteiger partial charge in [0.05, 0.1) is 13.7 Å². The van der Waals surface area contributed by atoms with Gasteiger partial charge in [-0.15, -0.1) is 0 Å². The Morgan fingerprint density at radius 3 is 2.64 bits per heavy atom. The van der Waals surface area contributed by atoms with Crippen molar-refractivity contribution in [3.8, 4) is 17.2 Å². The molecule has 0 saturated carbocycles. The first-order valence-corrected chi connectivity index (χ1v) is 9.13. The lowest BCUT2D eigenvalue weighted by Crippen LogP contribution is -2.38. The molecule has 1 aliphatic rings. The summed E-state index contributed by atoms with van der Waals surface area (Å²) in [5.41, 5.74) is 1.64. The summed E-state index contributed by atoms with van der Waals surface area (Å²) in [4.78, 5) is 25.9. The van der Waals surface area contributed by atoms with Crippen LogP contribution in [0.4, 0.5) is 5.69 Å². The van der Waals surface area contributed by atoms with Crippen molar-refractivity contribution >= 4 is 17.5 Å². The number of methoxy groups -OCH3 is 1. The number of carbonyl (C=O) groups excluding carboxylic acids is 2. The van der Waals surface area contributed by atoms with E-state index in [0.717, 1.165) is 11.3 Å². The largest absolute Gasteiger partial charge is 0.497 e. The normalized spacial score (nSPS) is 12.2. The Hall–Kier alpha value is -3.22. The van der Waals surface area contributed by atoms with Crippen LogP contribution in [0.15, 0.2) is 42.5 Å². The summed E-state index contributed by atoms with van der Waals surface area (Å²) in [7, 11) is 1.61. The zero-order valence-corrected chi connectivity index (χ0v) is 16.1. The van der Waals surface area contributed by atoms with E-state index < -0.39 is 0 Å². The van der Waals surface area contributed by atoms with Crippen LogP contribution in [0.25, 0.3) is 0 Å². The molecule has 0 aromatic heterocycles. The molecular weight excluding hydrogens is 360 g/mol. The fourth-order valence-corrected chi connectivity index (χ4v) is 2.93. The Morgan fingerprint density at radius 1 is 1.11 bits per heavy atom. The smallest absolute Gasteiger partial charge is 0.243 e. The molecule has 0 fully saturated rings. The number of rotatable bonds is 7. The maximum absolute atomic E-state index is 12.4. The lowest BCUT2D eigenvalue weighted by atomic mass is 10.1. The molecule has 0 spiro atoms. The van der Waals surface area contributed by atoms with Gasteiger partial charge in [0.2, 0.25) is 11.8 Å². The summed E-state index contributed by atoms with van der Waals surface area (Å²) in [6.45, 7) is 2.88. The Balaban J connectivity index is 1.57. The minimum atomic E-state index is -0.266. The Morgan fingerprint density at radius 2 is 1.89 bits per heavy atom. The van der Waals surface area contributed by atoms with Gasteiger partial charge in [0, 0.05) is 25.2 Å². The Labute approximate surface area is 164 Å². The van der Waals surface area contributed by atoms with E-state index in [1.807, 2.05) is 24.3 Å². The number of nitrogens with zero attached hydrogens (tertiary/aromatic N) is 1. The van der Waals surface area contributed by atoms with Gasteiger partial charge in [-0.25, -0.2) is 0 Å². The maximum Gasteiger partial charge on any atom is 0.243 e. The predicted octanol–water partition coefficient (Wildman–Crippen LogP) is 2.50. The number of benzene rings is 2. The van der Waals surface area contributed by atoms with Gasteiger partial charge in [0.1, 0.15) is 19.0 Å². The third-order valence-corrected chi connectivity index (χ3v) is 4.41. The maximum atomic E-state index is 12.4. The third kappa shape index (κ3) is 5.16. The molecule has 2 aromatic carbocycles. The average molecular weight is 384 g/mol. The van der Waals surface area contributed by atoms with Crippen molar-refractivity contribution in [3.05, 3.63) is 48.0 Å². The van der Waals surface area contributed by atoms with Crippen molar-refractivity contribution in [2.45, 2.75) is 13.3 Å². The van der Waals surface area contributed by atoms with Crippen molar-refractivity contribution in [3.63, 3.8) is 0 Å². The molecule has 0 bridgehead atoms. The van der Waals surface area contributed by atoms with Crippen LogP contribution in [0.5, 0.6) is 17.2 Å². The van der Waals surface area contributed by atoms with Crippen LogP contribution in [0, 0.1) is 0 Å². The molecule has 0 atom stereocenters. The highest BCUT2D eigenvalue weighted by molar-refractivity contribution is 5.94. The zero-order chi connectivity index (χ0) is 19.9. The fraction of sp³-hybridized carbons (Fsp3) is 0.333.